The predicted molar refractivity (Wildman–Crippen MR) is 141 cm³/mol. The minimum Gasteiger partial charge on any atom is -0.373 e. The lowest BCUT2D eigenvalue weighted by atomic mass is 10.1. The number of fused-ring (bicyclic) bond motifs is 1. The van der Waals surface area contributed by atoms with Gasteiger partial charge in [-0.2, -0.15) is 0 Å². The highest BCUT2D eigenvalue weighted by Crippen LogP contribution is 2.34. The number of benzene rings is 2. The number of thioether (sulfide) groups is 2. The molecule has 1 saturated heterocycles. The molecular weight excluding hydrogens is 467 g/mol. The van der Waals surface area contributed by atoms with Gasteiger partial charge in [-0.05, 0) is 86.0 Å². The summed E-state index contributed by atoms with van der Waals surface area (Å²) < 4.78 is 13.5. The molecule has 0 unspecified atom stereocenters. The fraction of sp³-hybridized carbons (Fsp3) is 0.423. The van der Waals surface area contributed by atoms with E-state index in [1.165, 1.54) is 16.2 Å². The van der Waals surface area contributed by atoms with E-state index in [1.807, 2.05) is 36.6 Å². The van der Waals surface area contributed by atoms with Crippen molar-refractivity contribution in [1.82, 2.24) is 15.1 Å². The molecular formula is C26H33FN4OS2. The Kier molecular flexibility index (Phi) is 9.18. The van der Waals surface area contributed by atoms with Gasteiger partial charge in [0.2, 0.25) is 0 Å². The van der Waals surface area contributed by atoms with E-state index >= 15 is 0 Å². The third kappa shape index (κ3) is 7.17. The second-order valence-corrected chi connectivity index (χ2v) is 10.4. The van der Waals surface area contributed by atoms with Gasteiger partial charge in [0.1, 0.15) is 5.82 Å². The molecule has 2 N–H and O–H groups in total. The molecule has 2 amide bonds. The van der Waals surface area contributed by atoms with E-state index in [2.05, 4.69) is 25.8 Å². The maximum absolute atomic E-state index is 13.5. The Labute approximate surface area is 210 Å². The van der Waals surface area contributed by atoms with Crippen LogP contribution in [0.1, 0.15) is 24.8 Å². The van der Waals surface area contributed by atoms with E-state index in [0.717, 1.165) is 69.0 Å². The minimum absolute atomic E-state index is 0.148. The number of hydrogen-bond donors (Lipinski definition) is 2. The van der Waals surface area contributed by atoms with E-state index < -0.39 is 0 Å². The number of carbonyl (C=O) groups excluding carboxylic acids is 1. The molecule has 2 aromatic carbocycles. The maximum Gasteiger partial charge on any atom is 0.319 e. The van der Waals surface area contributed by atoms with Crippen molar-refractivity contribution in [1.29, 1.82) is 0 Å². The van der Waals surface area contributed by atoms with Crippen LogP contribution in [0.2, 0.25) is 0 Å². The van der Waals surface area contributed by atoms with Gasteiger partial charge in [-0.1, -0.05) is 17.8 Å². The number of halogens is 1. The Balaban J connectivity index is 1.12. The summed E-state index contributed by atoms with van der Waals surface area (Å²) in [5, 5.41) is 8.04. The fourth-order valence-corrected chi connectivity index (χ4v) is 5.71. The number of unbranched alkanes of at least 4 members (excludes halogenated alkanes) is 1. The number of nitrogens with one attached hydrogen (secondary N) is 2. The van der Waals surface area contributed by atoms with Crippen molar-refractivity contribution < 1.29 is 9.18 Å². The average molecular weight is 501 g/mol. The molecule has 0 saturated carbocycles. The summed E-state index contributed by atoms with van der Waals surface area (Å²) in [5.41, 5.74) is 3.38. The Bertz CT molecular complexity index is 999. The van der Waals surface area contributed by atoms with Crippen LogP contribution in [0, 0.1) is 5.82 Å². The van der Waals surface area contributed by atoms with Crippen molar-refractivity contribution in [3.8, 4) is 0 Å². The molecule has 0 atom stereocenters. The highest BCUT2D eigenvalue weighted by molar-refractivity contribution is 8.02. The van der Waals surface area contributed by atoms with Gasteiger partial charge in [0.15, 0.2) is 0 Å². The summed E-state index contributed by atoms with van der Waals surface area (Å²) in [6.45, 7) is 6.00. The molecule has 1 fully saturated rings. The monoisotopic (exact) mass is 500 g/mol. The fourth-order valence-electron chi connectivity index (χ4n) is 4.33. The van der Waals surface area contributed by atoms with Crippen LogP contribution >= 0.6 is 23.5 Å². The maximum atomic E-state index is 13.5. The Morgan fingerprint density at radius 1 is 1.09 bits per heavy atom. The van der Waals surface area contributed by atoms with Gasteiger partial charge >= 0.3 is 6.03 Å². The van der Waals surface area contributed by atoms with Gasteiger partial charge in [-0.25, -0.2) is 9.18 Å². The largest absolute Gasteiger partial charge is 0.373 e. The molecule has 5 nitrogen and oxygen atoms in total. The summed E-state index contributed by atoms with van der Waals surface area (Å²) in [7, 11) is 0. The smallest absolute Gasteiger partial charge is 0.319 e. The van der Waals surface area contributed by atoms with E-state index in [4.69, 9.17) is 0 Å². The summed E-state index contributed by atoms with van der Waals surface area (Å²) in [4.78, 5) is 19.3. The second-order valence-electron chi connectivity index (χ2n) is 8.65. The standard InChI is InChI=1S/C26H33FN4OS2/c1-33-24-9-7-22(8-10-24)29-26(32)28-11-2-3-12-30-13-4-14-31(16-15-30)23-17-20-5-6-21(27)18-25(20)34-19-23/h5-10,18-19H,2-4,11-17H2,1H3,(H2,28,29,32). The van der Waals surface area contributed by atoms with Crippen molar-refractivity contribution in [2.45, 2.75) is 35.5 Å². The minimum atomic E-state index is -0.162. The zero-order valence-corrected chi connectivity index (χ0v) is 21.3. The number of hydrogen-bond acceptors (Lipinski definition) is 5. The number of nitrogens with zero attached hydrogens (tertiary/aromatic N) is 2. The van der Waals surface area contributed by atoms with Gasteiger partial charge in [-0.3, -0.25) is 0 Å². The van der Waals surface area contributed by atoms with Gasteiger partial charge in [0.05, 0.1) is 0 Å². The predicted octanol–water partition coefficient (Wildman–Crippen LogP) is 5.65. The molecule has 2 heterocycles. The highest BCUT2D eigenvalue weighted by Gasteiger charge is 2.20. The number of rotatable bonds is 8. The van der Waals surface area contributed by atoms with Crippen molar-refractivity contribution in [3.05, 3.63) is 65.0 Å². The number of amides is 2. The number of urea groups is 1. The van der Waals surface area contributed by atoms with Crippen LogP contribution in [0.25, 0.3) is 0 Å². The highest BCUT2D eigenvalue weighted by atomic mass is 32.2. The topological polar surface area (TPSA) is 47.6 Å². The zero-order chi connectivity index (χ0) is 23.8. The second kappa shape index (κ2) is 12.5. The van der Waals surface area contributed by atoms with Crippen molar-refractivity contribution >= 4 is 35.2 Å². The van der Waals surface area contributed by atoms with Crippen LogP contribution < -0.4 is 10.6 Å². The van der Waals surface area contributed by atoms with Crippen LogP contribution in [0.15, 0.2) is 63.4 Å². The number of carbonyl (C=O) groups is 1. The molecule has 2 aliphatic heterocycles. The van der Waals surface area contributed by atoms with E-state index in [9.17, 15) is 9.18 Å². The first-order valence-electron chi connectivity index (χ1n) is 11.9. The lowest BCUT2D eigenvalue weighted by molar-refractivity contribution is 0.250. The van der Waals surface area contributed by atoms with Crippen LogP contribution in [-0.4, -0.2) is 61.4 Å². The summed E-state index contributed by atoms with van der Waals surface area (Å²) >= 11 is 3.32. The Morgan fingerprint density at radius 3 is 2.76 bits per heavy atom. The molecule has 0 aliphatic carbocycles. The molecule has 0 spiro atoms. The molecule has 34 heavy (non-hydrogen) atoms. The Morgan fingerprint density at radius 2 is 1.94 bits per heavy atom. The molecule has 2 aromatic rings. The normalized spacial score (nSPS) is 16.4. The third-order valence-corrected chi connectivity index (χ3v) is 8.02. The Hall–Kier alpha value is -2.16. The summed E-state index contributed by atoms with van der Waals surface area (Å²) in [6, 6.07) is 12.8. The lowest BCUT2D eigenvalue weighted by Crippen LogP contribution is -2.33. The number of allylic oxidation sites excluding steroid dienone is 1. The SMILES string of the molecule is CSc1ccc(NC(=O)NCCCCN2CCCN(C3=CSc4cc(F)ccc4C3)CC2)cc1. The van der Waals surface area contributed by atoms with Crippen LogP contribution in [0.3, 0.4) is 0 Å². The molecule has 0 aromatic heterocycles. The summed E-state index contributed by atoms with van der Waals surface area (Å²) in [6.07, 6.45) is 6.11. The molecule has 4 rings (SSSR count). The van der Waals surface area contributed by atoms with Crippen LogP contribution in [0.4, 0.5) is 14.9 Å². The van der Waals surface area contributed by atoms with Crippen molar-refractivity contribution in [3.63, 3.8) is 0 Å². The number of anilines is 1. The van der Waals surface area contributed by atoms with Crippen molar-refractivity contribution in [2.75, 3.05) is 50.8 Å². The molecule has 8 heteroatoms. The lowest BCUT2D eigenvalue weighted by Gasteiger charge is -2.29. The van der Waals surface area contributed by atoms with E-state index in [-0.39, 0.29) is 11.8 Å². The van der Waals surface area contributed by atoms with Crippen LogP contribution in [-0.2, 0) is 6.42 Å². The molecule has 0 radical (unpaired) electrons. The summed E-state index contributed by atoms with van der Waals surface area (Å²) in [5.74, 6) is -0.162. The molecule has 182 valence electrons. The van der Waals surface area contributed by atoms with Crippen molar-refractivity contribution in [2.24, 2.45) is 0 Å². The zero-order valence-electron chi connectivity index (χ0n) is 19.7. The van der Waals surface area contributed by atoms with Gasteiger partial charge in [0.25, 0.3) is 0 Å². The quantitative estimate of drug-likeness (QED) is 0.363. The van der Waals surface area contributed by atoms with E-state index in [0.29, 0.717) is 6.54 Å². The molecule has 2 aliphatic rings. The van der Waals surface area contributed by atoms with Gasteiger partial charge in [-0.15, -0.1) is 11.8 Å². The van der Waals surface area contributed by atoms with Crippen LogP contribution in [0.5, 0.6) is 0 Å². The first kappa shape index (κ1) is 24.9. The van der Waals surface area contributed by atoms with Gasteiger partial charge < -0.3 is 20.4 Å². The first-order valence-corrected chi connectivity index (χ1v) is 14.0. The van der Waals surface area contributed by atoms with E-state index in [1.54, 1.807) is 35.7 Å². The first-order chi connectivity index (χ1) is 16.6. The van der Waals surface area contributed by atoms with Gasteiger partial charge in [0, 0.05) is 53.8 Å². The average Bonchev–Trinajstić information content (AvgIpc) is 3.10. The third-order valence-electron chi connectivity index (χ3n) is 6.25. The molecule has 0 bridgehead atoms.